The summed E-state index contributed by atoms with van der Waals surface area (Å²) >= 11 is 17.9. The summed E-state index contributed by atoms with van der Waals surface area (Å²) in [5, 5.41) is 2.03. The molecule has 0 saturated carbocycles. The normalized spacial score (nSPS) is 10.5. The molecule has 0 nitrogen and oxygen atoms in total. The lowest BCUT2D eigenvalue weighted by atomic mass is 10.0. The number of hydrogen-bond donors (Lipinski definition) is 0. The molecule has 3 heteroatoms. The van der Waals surface area contributed by atoms with Crippen LogP contribution < -0.4 is 0 Å². The van der Waals surface area contributed by atoms with Crippen molar-refractivity contribution in [2.75, 3.05) is 0 Å². The number of aryl methyl sites for hydroxylation is 1. The lowest BCUT2D eigenvalue weighted by Crippen LogP contribution is -1.81. The van der Waals surface area contributed by atoms with Gasteiger partial charge >= 0.3 is 0 Å². The first-order valence-electron chi connectivity index (χ1n) is 4.79. The van der Waals surface area contributed by atoms with Gasteiger partial charge in [0, 0.05) is 15.1 Å². The standard InChI is InChI=1S/C13H9Cl3/c1-8-4-9(2-3-13(8)16)10-5-11(14)7-12(15)6-10/h2-7H,1H3. The minimum atomic E-state index is 0.634. The highest BCUT2D eigenvalue weighted by Gasteiger charge is 2.03. The zero-order valence-electron chi connectivity index (χ0n) is 8.60. The van der Waals surface area contributed by atoms with Crippen LogP contribution in [0.1, 0.15) is 5.56 Å². The highest BCUT2D eigenvalue weighted by Crippen LogP contribution is 2.29. The van der Waals surface area contributed by atoms with Crippen LogP contribution in [0.3, 0.4) is 0 Å². The van der Waals surface area contributed by atoms with E-state index in [1.807, 2.05) is 37.3 Å². The summed E-state index contributed by atoms with van der Waals surface area (Å²) in [6, 6.07) is 11.3. The SMILES string of the molecule is Cc1cc(-c2cc(Cl)cc(Cl)c2)ccc1Cl. The molecule has 0 radical (unpaired) electrons. The fourth-order valence-corrected chi connectivity index (χ4v) is 2.19. The predicted molar refractivity (Wildman–Crippen MR) is 71.6 cm³/mol. The first-order chi connectivity index (χ1) is 7.56. The molecule has 0 amide bonds. The van der Waals surface area contributed by atoms with Crippen LogP contribution in [0.2, 0.25) is 15.1 Å². The summed E-state index contributed by atoms with van der Waals surface area (Å²) in [6.45, 7) is 1.97. The van der Waals surface area contributed by atoms with Crippen LogP contribution >= 0.6 is 34.8 Å². The van der Waals surface area contributed by atoms with Crippen LogP contribution in [0, 0.1) is 6.92 Å². The van der Waals surface area contributed by atoms with Crippen molar-refractivity contribution < 1.29 is 0 Å². The van der Waals surface area contributed by atoms with E-state index in [2.05, 4.69) is 0 Å². The Hall–Kier alpha value is -0.690. The monoisotopic (exact) mass is 270 g/mol. The van der Waals surface area contributed by atoms with Crippen molar-refractivity contribution >= 4 is 34.8 Å². The second kappa shape index (κ2) is 4.67. The van der Waals surface area contributed by atoms with E-state index in [0.717, 1.165) is 21.7 Å². The van der Waals surface area contributed by atoms with Crippen LogP contribution in [-0.4, -0.2) is 0 Å². The molecule has 16 heavy (non-hydrogen) atoms. The van der Waals surface area contributed by atoms with E-state index in [9.17, 15) is 0 Å². The maximum atomic E-state index is 5.98. The molecule has 0 aliphatic heterocycles. The topological polar surface area (TPSA) is 0 Å². The first-order valence-corrected chi connectivity index (χ1v) is 5.92. The number of halogens is 3. The molecule has 82 valence electrons. The second-order valence-electron chi connectivity index (χ2n) is 3.62. The Bertz CT molecular complexity index is 512. The molecule has 0 aliphatic rings. The molecule has 0 heterocycles. The maximum absolute atomic E-state index is 5.98. The third kappa shape index (κ3) is 2.52. The molecule has 2 aromatic rings. The van der Waals surface area contributed by atoms with Gasteiger partial charge in [0.1, 0.15) is 0 Å². The van der Waals surface area contributed by atoms with Gasteiger partial charge in [0.05, 0.1) is 0 Å². The van der Waals surface area contributed by atoms with E-state index in [1.54, 1.807) is 6.07 Å². The molecule has 0 saturated heterocycles. The average Bonchev–Trinajstić information content (AvgIpc) is 2.20. The van der Waals surface area contributed by atoms with Crippen LogP contribution in [0.4, 0.5) is 0 Å². The van der Waals surface area contributed by atoms with Crippen molar-refractivity contribution in [1.29, 1.82) is 0 Å². The zero-order chi connectivity index (χ0) is 11.7. The molecule has 0 fully saturated rings. The minimum Gasteiger partial charge on any atom is -0.0843 e. The van der Waals surface area contributed by atoms with E-state index in [0.29, 0.717) is 10.0 Å². The molecule has 2 rings (SSSR count). The largest absolute Gasteiger partial charge is 0.0843 e. The minimum absolute atomic E-state index is 0.634. The van der Waals surface area contributed by atoms with E-state index >= 15 is 0 Å². The van der Waals surface area contributed by atoms with Gasteiger partial charge in [-0.15, -0.1) is 0 Å². The third-order valence-electron chi connectivity index (χ3n) is 2.35. The van der Waals surface area contributed by atoms with Crippen LogP contribution in [-0.2, 0) is 0 Å². The number of rotatable bonds is 1. The molecule has 0 aliphatic carbocycles. The maximum Gasteiger partial charge on any atom is 0.0435 e. The van der Waals surface area contributed by atoms with Crippen LogP contribution in [0.15, 0.2) is 36.4 Å². The third-order valence-corrected chi connectivity index (χ3v) is 3.21. The highest BCUT2D eigenvalue weighted by molar-refractivity contribution is 6.35. The van der Waals surface area contributed by atoms with Crippen molar-refractivity contribution in [3.05, 3.63) is 57.0 Å². The Labute approximate surface area is 110 Å². The fourth-order valence-electron chi connectivity index (χ4n) is 1.54. The molecule has 0 bridgehead atoms. The van der Waals surface area contributed by atoms with Crippen molar-refractivity contribution in [1.82, 2.24) is 0 Å². The van der Waals surface area contributed by atoms with Crippen LogP contribution in [0.5, 0.6) is 0 Å². The molecule has 0 atom stereocenters. The Kier molecular flexibility index (Phi) is 3.44. The summed E-state index contributed by atoms with van der Waals surface area (Å²) < 4.78 is 0. The number of benzene rings is 2. The summed E-state index contributed by atoms with van der Waals surface area (Å²) in [4.78, 5) is 0. The van der Waals surface area contributed by atoms with Gasteiger partial charge < -0.3 is 0 Å². The molecule has 0 aromatic heterocycles. The van der Waals surface area contributed by atoms with E-state index in [4.69, 9.17) is 34.8 Å². The lowest BCUT2D eigenvalue weighted by Gasteiger charge is -2.05. The molecular weight excluding hydrogens is 263 g/mol. The quantitative estimate of drug-likeness (QED) is 0.631. The van der Waals surface area contributed by atoms with Gasteiger partial charge in [0.25, 0.3) is 0 Å². The smallest absolute Gasteiger partial charge is 0.0435 e. The molecule has 0 unspecified atom stereocenters. The van der Waals surface area contributed by atoms with Gasteiger partial charge in [-0.25, -0.2) is 0 Å². The second-order valence-corrected chi connectivity index (χ2v) is 4.90. The van der Waals surface area contributed by atoms with E-state index in [1.165, 1.54) is 0 Å². The van der Waals surface area contributed by atoms with Crippen molar-refractivity contribution in [3.63, 3.8) is 0 Å². The van der Waals surface area contributed by atoms with Crippen LogP contribution in [0.25, 0.3) is 11.1 Å². The predicted octanol–water partition coefficient (Wildman–Crippen LogP) is 5.62. The molecule has 0 N–H and O–H groups in total. The van der Waals surface area contributed by atoms with Gasteiger partial charge in [-0.1, -0.05) is 40.9 Å². The Morgan fingerprint density at radius 3 is 1.94 bits per heavy atom. The fraction of sp³-hybridized carbons (Fsp3) is 0.0769. The summed E-state index contributed by atoms with van der Waals surface area (Å²) in [5.74, 6) is 0. The first kappa shape index (κ1) is 11.8. The zero-order valence-corrected chi connectivity index (χ0v) is 10.9. The summed E-state index contributed by atoms with van der Waals surface area (Å²) in [6.07, 6.45) is 0. The van der Waals surface area contributed by atoms with Crippen molar-refractivity contribution in [2.24, 2.45) is 0 Å². The van der Waals surface area contributed by atoms with E-state index in [-0.39, 0.29) is 0 Å². The summed E-state index contributed by atoms with van der Waals surface area (Å²) in [5.41, 5.74) is 3.10. The molecule has 0 spiro atoms. The molecular formula is C13H9Cl3. The lowest BCUT2D eigenvalue weighted by molar-refractivity contribution is 1.46. The van der Waals surface area contributed by atoms with Gasteiger partial charge in [0.15, 0.2) is 0 Å². The average molecular weight is 272 g/mol. The van der Waals surface area contributed by atoms with Gasteiger partial charge in [-0.3, -0.25) is 0 Å². The molecule has 2 aromatic carbocycles. The highest BCUT2D eigenvalue weighted by atomic mass is 35.5. The summed E-state index contributed by atoms with van der Waals surface area (Å²) in [7, 11) is 0. The Balaban J connectivity index is 2.54. The Morgan fingerprint density at radius 1 is 0.750 bits per heavy atom. The van der Waals surface area contributed by atoms with E-state index < -0.39 is 0 Å². The number of hydrogen-bond acceptors (Lipinski definition) is 0. The Morgan fingerprint density at radius 2 is 1.38 bits per heavy atom. The van der Waals surface area contributed by atoms with Gasteiger partial charge in [0.2, 0.25) is 0 Å². The van der Waals surface area contributed by atoms with Gasteiger partial charge in [-0.2, -0.15) is 0 Å². The van der Waals surface area contributed by atoms with Crippen molar-refractivity contribution in [3.8, 4) is 11.1 Å². The van der Waals surface area contributed by atoms with Gasteiger partial charge in [-0.05, 0) is 53.9 Å². The van der Waals surface area contributed by atoms with Crippen molar-refractivity contribution in [2.45, 2.75) is 6.92 Å².